The minimum atomic E-state index is -3.77. The number of sulfonamides is 1. The van der Waals surface area contributed by atoms with Gasteiger partial charge >= 0.3 is 5.97 Å². The second-order valence-corrected chi connectivity index (χ2v) is 7.36. The molecule has 22 heavy (non-hydrogen) atoms. The van der Waals surface area contributed by atoms with E-state index in [2.05, 4.69) is 4.72 Å². The topological polar surface area (TPSA) is 92.7 Å². The highest BCUT2D eigenvalue weighted by molar-refractivity contribution is 7.89. The van der Waals surface area contributed by atoms with Crippen LogP contribution in [0.25, 0.3) is 0 Å². The van der Waals surface area contributed by atoms with Crippen molar-refractivity contribution in [3.8, 4) is 5.75 Å². The van der Waals surface area contributed by atoms with E-state index in [0.717, 1.165) is 0 Å². The lowest BCUT2D eigenvalue weighted by atomic mass is 9.97. The summed E-state index contributed by atoms with van der Waals surface area (Å²) in [7, 11) is -2.25. The maximum Gasteiger partial charge on any atom is 0.308 e. The summed E-state index contributed by atoms with van der Waals surface area (Å²) in [5.74, 6) is -1.34. The van der Waals surface area contributed by atoms with Crippen LogP contribution in [0.1, 0.15) is 25.0 Å². The van der Waals surface area contributed by atoms with E-state index in [9.17, 15) is 13.2 Å². The smallest absolute Gasteiger partial charge is 0.308 e. The Morgan fingerprint density at radius 1 is 1.27 bits per heavy atom. The van der Waals surface area contributed by atoms with Gasteiger partial charge in [0.2, 0.25) is 10.0 Å². The third-order valence-electron chi connectivity index (χ3n) is 3.60. The molecule has 0 aromatic heterocycles. The molecule has 0 saturated heterocycles. The van der Waals surface area contributed by atoms with Gasteiger partial charge in [0.15, 0.2) is 0 Å². The summed E-state index contributed by atoms with van der Waals surface area (Å²) < 4.78 is 32.4. The predicted octanol–water partition coefficient (Wildman–Crippen LogP) is 1.95. The Labute approximate surface area is 131 Å². The maximum atomic E-state index is 12.4. The number of methoxy groups -OCH3 is 1. The molecule has 6 nitrogen and oxygen atoms in total. The van der Waals surface area contributed by atoms with Crippen molar-refractivity contribution < 1.29 is 23.1 Å². The van der Waals surface area contributed by atoms with Crippen molar-refractivity contribution in [2.75, 3.05) is 13.7 Å². The number of carbonyl (C=O) groups is 1. The number of aryl methyl sites for hydroxylation is 2. The first-order valence-electron chi connectivity index (χ1n) is 6.97. The molecule has 0 bridgehead atoms. The van der Waals surface area contributed by atoms with E-state index in [-0.39, 0.29) is 17.4 Å². The number of benzene rings is 1. The third kappa shape index (κ3) is 4.20. The van der Waals surface area contributed by atoms with Gasteiger partial charge in [0, 0.05) is 6.54 Å². The Balaban J connectivity index is 3.05. The average Bonchev–Trinajstić information content (AvgIpc) is 2.39. The molecule has 1 aromatic rings. The molecular weight excluding hydrogens is 306 g/mol. The molecule has 0 heterocycles. The van der Waals surface area contributed by atoms with Gasteiger partial charge in [0.05, 0.1) is 17.9 Å². The Hall–Kier alpha value is -1.60. The molecule has 0 aliphatic heterocycles. The zero-order chi connectivity index (χ0) is 17.1. The van der Waals surface area contributed by atoms with Crippen LogP contribution in [0.4, 0.5) is 0 Å². The molecule has 0 amide bonds. The second kappa shape index (κ2) is 7.11. The predicted molar refractivity (Wildman–Crippen MR) is 83.6 cm³/mol. The Morgan fingerprint density at radius 3 is 2.32 bits per heavy atom. The van der Waals surface area contributed by atoms with Gasteiger partial charge in [0.25, 0.3) is 0 Å². The largest absolute Gasteiger partial charge is 0.496 e. The van der Waals surface area contributed by atoms with Crippen LogP contribution in [0.5, 0.6) is 5.75 Å². The number of hydrogen-bond donors (Lipinski definition) is 2. The van der Waals surface area contributed by atoms with Gasteiger partial charge in [-0.1, -0.05) is 13.8 Å². The quantitative estimate of drug-likeness (QED) is 0.797. The normalized spacial score (nSPS) is 13.2. The molecule has 0 saturated carbocycles. The number of aliphatic carboxylic acids is 1. The van der Waals surface area contributed by atoms with Crippen molar-refractivity contribution in [1.29, 1.82) is 0 Å². The number of rotatable bonds is 7. The molecule has 124 valence electrons. The van der Waals surface area contributed by atoms with E-state index < -0.39 is 21.9 Å². The summed E-state index contributed by atoms with van der Waals surface area (Å²) in [4.78, 5) is 11.3. The van der Waals surface area contributed by atoms with E-state index in [0.29, 0.717) is 16.9 Å². The summed E-state index contributed by atoms with van der Waals surface area (Å²) in [5, 5.41) is 9.13. The molecule has 1 unspecified atom stereocenters. The first-order chi connectivity index (χ1) is 10.1. The number of carboxylic acid groups (broad SMARTS) is 1. The molecule has 7 heteroatoms. The second-order valence-electron chi connectivity index (χ2n) is 5.63. The van der Waals surface area contributed by atoms with Crippen LogP contribution in [-0.4, -0.2) is 33.1 Å². The van der Waals surface area contributed by atoms with Gasteiger partial charge < -0.3 is 9.84 Å². The summed E-state index contributed by atoms with van der Waals surface area (Å²) in [6.07, 6.45) is 0. The molecule has 0 aliphatic carbocycles. The highest BCUT2D eigenvalue weighted by atomic mass is 32.2. The summed E-state index contributed by atoms with van der Waals surface area (Å²) in [6, 6.07) is 3.18. The Kier molecular flexibility index (Phi) is 5.96. The highest BCUT2D eigenvalue weighted by Crippen LogP contribution is 2.25. The van der Waals surface area contributed by atoms with Crippen LogP contribution < -0.4 is 9.46 Å². The zero-order valence-corrected chi connectivity index (χ0v) is 14.3. The van der Waals surface area contributed by atoms with Gasteiger partial charge in [-0.2, -0.15) is 0 Å². The first-order valence-corrected chi connectivity index (χ1v) is 8.46. The lowest BCUT2D eigenvalue weighted by Gasteiger charge is -2.18. The van der Waals surface area contributed by atoms with E-state index in [1.165, 1.54) is 13.2 Å². The molecule has 1 rings (SSSR count). The molecular formula is C15H23NO5S. The van der Waals surface area contributed by atoms with Gasteiger partial charge in [-0.3, -0.25) is 4.79 Å². The highest BCUT2D eigenvalue weighted by Gasteiger charge is 2.25. The number of carboxylic acids is 1. The standard InChI is InChI=1S/C15H23NO5S/c1-9(2)12(15(17)18)8-16-22(19,20)14-7-10(3)13(21-5)6-11(14)4/h6-7,9,12,16H,8H2,1-5H3,(H,17,18). The van der Waals surface area contributed by atoms with E-state index in [1.807, 2.05) is 0 Å². The van der Waals surface area contributed by atoms with E-state index in [4.69, 9.17) is 9.84 Å². The fourth-order valence-electron chi connectivity index (χ4n) is 2.16. The van der Waals surface area contributed by atoms with Crippen molar-refractivity contribution in [3.63, 3.8) is 0 Å². The average molecular weight is 329 g/mol. The fourth-order valence-corrected chi connectivity index (χ4v) is 3.53. The molecule has 1 atom stereocenters. The van der Waals surface area contributed by atoms with E-state index in [1.54, 1.807) is 33.8 Å². The van der Waals surface area contributed by atoms with E-state index >= 15 is 0 Å². The lowest BCUT2D eigenvalue weighted by Crippen LogP contribution is -2.35. The Bertz CT molecular complexity index is 652. The van der Waals surface area contributed by atoms with Crippen molar-refractivity contribution in [1.82, 2.24) is 4.72 Å². The van der Waals surface area contributed by atoms with Crippen molar-refractivity contribution in [3.05, 3.63) is 23.3 Å². The van der Waals surface area contributed by atoms with Crippen LogP contribution >= 0.6 is 0 Å². The monoisotopic (exact) mass is 329 g/mol. The van der Waals surface area contributed by atoms with Crippen LogP contribution in [-0.2, 0) is 14.8 Å². The van der Waals surface area contributed by atoms with Crippen LogP contribution in [0.2, 0.25) is 0 Å². The number of nitrogens with one attached hydrogen (secondary N) is 1. The number of ether oxygens (including phenoxy) is 1. The minimum absolute atomic E-state index is 0.138. The third-order valence-corrected chi connectivity index (χ3v) is 5.16. The zero-order valence-electron chi connectivity index (χ0n) is 13.5. The van der Waals surface area contributed by atoms with Gasteiger partial charge in [-0.15, -0.1) is 0 Å². The van der Waals surface area contributed by atoms with Crippen molar-refractivity contribution in [2.45, 2.75) is 32.6 Å². The van der Waals surface area contributed by atoms with Gasteiger partial charge in [-0.05, 0) is 43.0 Å². The fraction of sp³-hybridized carbons (Fsp3) is 0.533. The summed E-state index contributed by atoms with van der Waals surface area (Å²) in [5.41, 5.74) is 1.25. The van der Waals surface area contributed by atoms with Crippen LogP contribution in [0.15, 0.2) is 17.0 Å². The van der Waals surface area contributed by atoms with Gasteiger partial charge in [0.1, 0.15) is 5.75 Å². The van der Waals surface area contributed by atoms with Crippen LogP contribution in [0.3, 0.4) is 0 Å². The number of hydrogen-bond acceptors (Lipinski definition) is 4. The minimum Gasteiger partial charge on any atom is -0.496 e. The van der Waals surface area contributed by atoms with Gasteiger partial charge in [-0.25, -0.2) is 13.1 Å². The summed E-state index contributed by atoms with van der Waals surface area (Å²) in [6.45, 7) is 6.78. The Morgan fingerprint density at radius 2 is 1.86 bits per heavy atom. The molecule has 0 fully saturated rings. The lowest BCUT2D eigenvalue weighted by molar-refractivity contribution is -0.142. The molecule has 1 aromatic carbocycles. The SMILES string of the molecule is COc1cc(C)c(S(=O)(=O)NCC(C(=O)O)C(C)C)cc1C. The van der Waals surface area contributed by atoms with Crippen LogP contribution in [0, 0.1) is 25.7 Å². The molecule has 2 N–H and O–H groups in total. The maximum absolute atomic E-state index is 12.4. The van der Waals surface area contributed by atoms with Crippen molar-refractivity contribution >= 4 is 16.0 Å². The van der Waals surface area contributed by atoms with Crippen molar-refractivity contribution in [2.24, 2.45) is 11.8 Å². The molecule has 0 spiro atoms. The first kappa shape index (κ1) is 18.4. The summed E-state index contributed by atoms with van der Waals surface area (Å²) >= 11 is 0. The molecule has 0 aliphatic rings. The molecule has 0 radical (unpaired) electrons.